The minimum atomic E-state index is -1.22. The van der Waals surface area contributed by atoms with Gasteiger partial charge in [0.1, 0.15) is 6.26 Å². The van der Waals surface area contributed by atoms with E-state index in [1.165, 1.54) is 0 Å². The van der Waals surface area contributed by atoms with Crippen LogP contribution in [0.4, 0.5) is 5.69 Å². The Hall–Kier alpha value is -0.790. The lowest BCUT2D eigenvalue weighted by atomic mass is 10.1. The van der Waals surface area contributed by atoms with Gasteiger partial charge in [-0.2, -0.15) is 9.97 Å². The number of para-hydroxylation sites is 1. The molecule has 1 aromatic heterocycles. The Balaban J connectivity index is 2.04. The Kier molecular flexibility index (Phi) is 4.66. The highest BCUT2D eigenvalue weighted by Crippen LogP contribution is 2.39. The van der Waals surface area contributed by atoms with Gasteiger partial charge in [-0.25, -0.2) is 0 Å². The third-order valence-corrected chi connectivity index (χ3v) is 5.06. The van der Waals surface area contributed by atoms with Gasteiger partial charge in [0.15, 0.2) is 0 Å². The average molecular weight is 419 g/mol. The van der Waals surface area contributed by atoms with E-state index in [2.05, 4.69) is 25.9 Å². The standard InChI is InChI=1S/C14H10BrCl2N3OS/c1-22(21)14-18-5-8-6-20(7-9(15)12(8)19-14)13-10(16)3-2-4-11(13)17/h2-5,7H,6H2,1H3. The van der Waals surface area contributed by atoms with Crippen LogP contribution in [0.3, 0.4) is 0 Å². The molecular formula is C14H10BrCl2N3OS. The second kappa shape index (κ2) is 6.37. The molecule has 2 aromatic rings. The molecule has 0 saturated carbocycles. The molecule has 3 rings (SSSR count). The number of hydrogen-bond acceptors (Lipinski definition) is 4. The normalized spacial score (nSPS) is 15.3. The molecule has 0 N–H and O–H groups in total. The van der Waals surface area contributed by atoms with Crippen LogP contribution < -0.4 is 4.90 Å². The summed E-state index contributed by atoms with van der Waals surface area (Å²) in [7, 11) is 0. The van der Waals surface area contributed by atoms with Crippen LogP contribution >= 0.6 is 39.1 Å². The fourth-order valence-electron chi connectivity index (χ4n) is 2.19. The first-order valence-corrected chi connectivity index (χ1v) is 9.35. The summed E-state index contributed by atoms with van der Waals surface area (Å²) in [6.45, 7) is 0.532. The van der Waals surface area contributed by atoms with Crippen LogP contribution in [0, 0.1) is 0 Å². The van der Waals surface area contributed by atoms with Crippen LogP contribution in [0.25, 0.3) is 4.48 Å². The Labute approximate surface area is 149 Å². The highest BCUT2D eigenvalue weighted by atomic mass is 79.9. The minimum Gasteiger partial charge on any atom is -0.609 e. The van der Waals surface area contributed by atoms with Crippen LogP contribution in [-0.4, -0.2) is 20.8 Å². The van der Waals surface area contributed by atoms with Gasteiger partial charge >= 0.3 is 5.16 Å². The average Bonchev–Trinajstić information content (AvgIpc) is 2.46. The molecule has 1 atom stereocenters. The number of rotatable bonds is 2. The van der Waals surface area contributed by atoms with Gasteiger partial charge in [0, 0.05) is 29.1 Å². The summed E-state index contributed by atoms with van der Waals surface area (Å²) in [6, 6.07) is 5.39. The Bertz CT molecular complexity index is 749. The number of aromatic nitrogens is 2. The van der Waals surface area contributed by atoms with Crippen molar-refractivity contribution >= 4 is 60.5 Å². The topological polar surface area (TPSA) is 52.1 Å². The lowest BCUT2D eigenvalue weighted by Crippen LogP contribution is -2.22. The first kappa shape index (κ1) is 16.1. The predicted octanol–water partition coefficient (Wildman–Crippen LogP) is 4.23. The Morgan fingerprint density at radius 2 is 2.00 bits per heavy atom. The van der Waals surface area contributed by atoms with Crippen molar-refractivity contribution in [1.29, 1.82) is 0 Å². The maximum absolute atomic E-state index is 11.5. The summed E-state index contributed by atoms with van der Waals surface area (Å²) in [5.41, 5.74) is 2.37. The van der Waals surface area contributed by atoms with E-state index >= 15 is 0 Å². The molecule has 1 aromatic carbocycles. The number of nitrogens with zero attached hydrogens (tertiary/aromatic N) is 3. The molecule has 2 heterocycles. The molecule has 22 heavy (non-hydrogen) atoms. The van der Waals surface area contributed by atoms with Crippen LogP contribution in [0.15, 0.2) is 35.8 Å². The fraction of sp³-hybridized carbons (Fsp3) is 0.143. The third-order valence-electron chi connectivity index (χ3n) is 3.16. The zero-order valence-corrected chi connectivity index (χ0v) is 15.3. The second-order valence-electron chi connectivity index (χ2n) is 4.66. The number of benzene rings is 1. The van der Waals surface area contributed by atoms with E-state index in [1.807, 2.05) is 11.1 Å². The molecule has 114 valence electrons. The zero-order valence-electron chi connectivity index (χ0n) is 11.4. The molecule has 8 heteroatoms. The number of halogens is 3. The first-order valence-electron chi connectivity index (χ1n) is 6.25. The van der Waals surface area contributed by atoms with Gasteiger partial charge in [-0.3, -0.25) is 0 Å². The van der Waals surface area contributed by atoms with Crippen molar-refractivity contribution < 1.29 is 4.55 Å². The molecule has 0 bridgehead atoms. The summed E-state index contributed by atoms with van der Waals surface area (Å²) in [4.78, 5) is 10.4. The van der Waals surface area contributed by atoms with Crippen molar-refractivity contribution in [1.82, 2.24) is 9.97 Å². The number of anilines is 1. The van der Waals surface area contributed by atoms with Crippen LogP contribution in [-0.2, 0) is 17.7 Å². The monoisotopic (exact) mass is 417 g/mol. The summed E-state index contributed by atoms with van der Waals surface area (Å²) in [5.74, 6) is 0. The molecular weight excluding hydrogens is 409 g/mol. The molecule has 0 radical (unpaired) electrons. The van der Waals surface area contributed by atoms with E-state index in [1.54, 1.807) is 30.7 Å². The SMILES string of the molecule is C[S+]([O-])c1ncc2c(n1)C(Br)=CN(c1c(Cl)cccc1Cl)C2. The van der Waals surface area contributed by atoms with Gasteiger partial charge in [0.25, 0.3) is 0 Å². The molecule has 0 aliphatic carbocycles. The lowest BCUT2D eigenvalue weighted by Gasteiger charge is -2.28. The molecule has 0 saturated heterocycles. The van der Waals surface area contributed by atoms with Gasteiger partial charge < -0.3 is 9.45 Å². The van der Waals surface area contributed by atoms with Gasteiger partial charge in [-0.15, -0.1) is 0 Å². The minimum absolute atomic E-state index is 0.313. The summed E-state index contributed by atoms with van der Waals surface area (Å²) in [6.07, 6.45) is 5.11. The van der Waals surface area contributed by atoms with Crippen molar-refractivity contribution in [2.24, 2.45) is 0 Å². The highest BCUT2D eigenvalue weighted by molar-refractivity contribution is 9.15. The van der Waals surface area contributed by atoms with Crippen molar-refractivity contribution in [2.75, 3.05) is 11.2 Å². The highest BCUT2D eigenvalue weighted by Gasteiger charge is 2.24. The molecule has 1 unspecified atom stereocenters. The van der Waals surface area contributed by atoms with Crippen molar-refractivity contribution in [3.05, 3.63) is 51.9 Å². The van der Waals surface area contributed by atoms with Gasteiger partial charge in [-0.05, 0) is 28.1 Å². The first-order chi connectivity index (χ1) is 10.5. The van der Waals surface area contributed by atoms with E-state index in [0.717, 1.165) is 21.4 Å². The zero-order chi connectivity index (χ0) is 15.9. The molecule has 0 amide bonds. The van der Waals surface area contributed by atoms with Gasteiger partial charge in [0.05, 0.1) is 32.5 Å². The van der Waals surface area contributed by atoms with Gasteiger partial charge in [-0.1, -0.05) is 29.3 Å². The van der Waals surface area contributed by atoms with Crippen molar-refractivity contribution in [2.45, 2.75) is 11.7 Å². The molecule has 4 nitrogen and oxygen atoms in total. The van der Waals surface area contributed by atoms with E-state index in [-0.39, 0.29) is 0 Å². The second-order valence-corrected chi connectivity index (χ2v) is 7.60. The van der Waals surface area contributed by atoms with Crippen LogP contribution in [0.5, 0.6) is 0 Å². The number of hydrogen-bond donors (Lipinski definition) is 0. The van der Waals surface area contributed by atoms with Crippen molar-refractivity contribution in [3.63, 3.8) is 0 Å². The summed E-state index contributed by atoms with van der Waals surface area (Å²) < 4.78 is 12.3. The largest absolute Gasteiger partial charge is 0.609 e. The summed E-state index contributed by atoms with van der Waals surface area (Å²) in [5, 5.41) is 1.45. The van der Waals surface area contributed by atoms with E-state index in [9.17, 15) is 4.55 Å². The van der Waals surface area contributed by atoms with E-state index in [0.29, 0.717) is 21.7 Å². The maximum Gasteiger partial charge on any atom is 0.342 e. The quantitative estimate of drug-likeness (QED) is 0.540. The van der Waals surface area contributed by atoms with Crippen LogP contribution in [0.2, 0.25) is 10.0 Å². The Morgan fingerprint density at radius 1 is 1.32 bits per heavy atom. The fourth-order valence-corrected chi connectivity index (χ4v) is 3.81. The third kappa shape index (κ3) is 2.98. The maximum atomic E-state index is 11.5. The molecule has 0 spiro atoms. The van der Waals surface area contributed by atoms with Crippen LogP contribution in [0.1, 0.15) is 11.3 Å². The Morgan fingerprint density at radius 3 is 2.64 bits per heavy atom. The van der Waals surface area contributed by atoms with Crippen molar-refractivity contribution in [3.8, 4) is 0 Å². The summed E-state index contributed by atoms with van der Waals surface area (Å²) >= 11 is 14.8. The van der Waals surface area contributed by atoms with E-state index in [4.69, 9.17) is 23.2 Å². The smallest absolute Gasteiger partial charge is 0.342 e. The lowest BCUT2D eigenvalue weighted by molar-refractivity contribution is 0.591. The molecule has 1 aliphatic heterocycles. The molecule has 1 aliphatic rings. The van der Waals surface area contributed by atoms with E-state index < -0.39 is 11.2 Å². The van der Waals surface area contributed by atoms with Gasteiger partial charge in [0.2, 0.25) is 0 Å². The molecule has 0 fully saturated rings. The predicted molar refractivity (Wildman–Crippen MR) is 93.9 cm³/mol. The number of fused-ring (bicyclic) bond motifs is 1.